The number of nitrogens with one attached hydrogen (secondary N) is 1. The van der Waals surface area contributed by atoms with Gasteiger partial charge in [0.15, 0.2) is 5.58 Å². The molecule has 0 atom stereocenters. The zero-order valence-electron chi connectivity index (χ0n) is 19.6. The average Bonchev–Trinajstić information content (AvgIpc) is 3.33. The second kappa shape index (κ2) is 8.44. The van der Waals surface area contributed by atoms with Gasteiger partial charge in [0.05, 0.1) is 5.69 Å². The standard InChI is InChI=1S/C34H23NO/c1-2-8-23(9-3-1)26-18-21-33-31(22-26)30-14-7-15-32(34(30)36-33)35-27-19-16-25(17-20-27)29-13-6-11-24-10-4-5-12-28(24)29/h1-22,35H. The van der Waals surface area contributed by atoms with Crippen molar-refractivity contribution < 1.29 is 4.42 Å². The maximum Gasteiger partial charge on any atom is 0.158 e. The Morgan fingerprint density at radius 2 is 1.19 bits per heavy atom. The van der Waals surface area contributed by atoms with Crippen molar-refractivity contribution in [3.8, 4) is 22.3 Å². The molecular formula is C34H23NO. The highest BCUT2D eigenvalue weighted by molar-refractivity contribution is 6.10. The molecule has 0 amide bonds. The van der Waals surface area contributed by atoms with Crippen LogP contribution in [0.5, 0.6) is 0 Å². The molecule has 0 radical (unpaired) electrons. The minimum Gasteiger partial charge on any atom is -0.454 e. The molecule has 0 aliphatic heterocycles. The topological polar surface area (TPSA) is 25.2 Å². The van der Waals surface area contributed by atoms with Crippen molar-refractivity contribution in [1.29, 1.82) is 0 Å². The van der Waals surface area contributed by atoms with E-state index in [1.165, 1.54) is 33.0 Å². The molecule has 1 aromatic heterocycles. The van der Waals surface area contributed by atoms with Crippen molar-refractivity contribution in [1.82, 2.24) is 0 Å². The molecule has 2 nitrogen and oxygen atoms in total. The fourth-order valence-corrected chi connectivity index (χ4v) is 5.07. The fourth-order valence-electron chi connectivity index (χ4n) is 5.07. The molecule has 1 heterocycles. The summed E-state index contributed by atoms with van der Waals surface area (Å²) in [5.41, 5.74) is 8.59. The summed E-state index contributed by atoms with van der Waals surface area (Å²) >= 11 is 0. The zero-order chi connectivity index (χ0) is 23.9. The average molecular weight is 462 g/mol. The Morgan fingerprint density at radius 3 is 2.08 bits per heavy atom. The summed E-state index contributed by atoms with van der Waals surface area (Å²) in [6.45, 7) is 0. The number of furan rings is 1. The van der Waals surface area contributed by atoms with Crippen molar-refractivity contribution >= 4 is 44.1 Å². The molecular weight excluding hydrogens is 438 g/mol. The summed E-state index contributed by atoms with van der Waals surface area (Å²) < 4.78 is 6.33. The molecule has 0 aliphatic rings. The summed E-state index contributed by atoms with van der Waals surface area (Å²) in [5, 5.41) is 8.33. The van der Waals surface area contributed by atoms with Gasteiger partial charge >= 0.3 is 0 Å². The molecule has 0 saturated heterocycles. The largest absolute Gasteiger partial charge is 0.454 e. The summed E-state index contributed by atoms with van der Waals surface area (Å²) in [7, 11) is 0. The maximum atomic E-state index is 6.33. The highest BCUT2D eigenvalue weighted by Gasteiger charge is 2.12. The van der Waals surface area contributed by atoms with Crippen LogP contribution in [0.25, 0.3) is 55.0 Å². The van der Waals surface area contributed by atoms with Gasteiger partial charge in [-0.25, -0.2) is 0 Å². The Hall–Kier alpha value is -4.82. The van der Waals surface area contributed by atoms with Crippen molar-refractivity contribution in [3.05, 3.63) is 133 Å². The van der Waals surface area contributed by atoms with Crippen molar-refractivity contribution in [3.63, 3.8) is 0 Å². The van der Waals surface area contributed by atoms with Gasteiger partial charge in [0, 0.05) is 16.5 Å². The minimum absolute atomic E-state index is 0.871. The van der Waals surface area contributed by atoms with Gasteiger partial charge in [-0.3, -0.25) is 0 Å². The van der Waals surface area contributed by atoms with Gasteiger partial charge < -0.3 is 9.73 Å². The Kier molecular flexibility index (Phi) is 4.82. The normalized spacial score (nSPS) is 11.3. The van der Waals surface area contributed by atoms with Crippen LogP contribution in [0, 0.1) is 0 Å². The molecule has 1 N–H and O–H groups in total. The third kappa shape index (κ3) is 3.52. The molecule has 170 valence electrons. The predicted molar refractivity (Wildman–Crippen MR) is 152 cm³/mol. The van der Waals surface area contributed by atoms with E-state index < -0.39 is 0 Å². The number of hydrogen-bond donors (Lipinski definition) is 1. The lowest BCUT2D eigenvalue weighted by molar-refractivity contribution is 0.670. The van der Waals surface area contributed by atoms with Crippen LogP contribution in [-0.4, -0.2) is 0 Å². The summed E-state index contributed by atoms with van der Waals surface area (Å²) in [6.07, 6.45) is 0. The first-order chi connectivity index (χ1) is 17.8. The van der Waals surface area contributed by atoms with Gasteiger partial charge in [0.1, 0.15) is 5.58 Å². The van der Waals surface area contributed by atoms with Crippen molar-refractivity contribution in [2.24, 2.45) is 0 Å². The van der Waals surface area contributed by atoms with E-state index in [2.05, 4.69) is 133 Å². The SMILES string of the molecule is c1ccc(-c2ccc3oc4c(Nc5ccc(-c6cccc7ccccc67)cc5)cccc4c3c2)cc1. The Labute approximate surface area is 209 Å². The first kappa shape index (κ1) is 20.5. The number of para-hydroxylation sites is 1. The Morgan fingerprint density at radius 1 is 0.472 bits per heavy atom. The van der Waals surface area contributed by atoms with Crippen LogP contribution in [0.15, 0.2) is 138 Å². The zero-order valence-corrected chi connectivity index (χ0v) is 19.6. The highest BCUT2D eigenvalue weighted by atomic mass is 16.3. The van der Waals surface area contributed by atoms with Crippen LogP contribution in [0.4, 0.5) is 11.4 Å². The highest BCUT2D eigenvalue weighted by Crippen LogP contribution is 2.37. The Bertz CT molecular complexity index is 1840. The molecule has 0 saturated carbocycles. The van der Waals surface area contributed by atoms with E-state index in [0.29, 0.717) is 0 Å². The smallest absolute Gasteiger partial charge is 0.158 e. The van der Waals surface area contributed by atoms with E-state index in [-0.39, 0.29) is 0 Å². The number of fused-ring (bicyclic) bond motifs is 4. The molecule has 6 aromatic carbocycles. The lowest BCUT2D eigenvalue weighted by atomic mass is 9.98. The van der Waals surface area contributed by atoms with Crippen LogP contribution in [0.1, 0.15) is 0 Å². The van der Waals surface area contributed by atoms with Crippen molar-refractivity contribution in [2.75, 3.05) is 5.32 Å². The van der Waals surface area contributed by atoms with E-state index in [1.807, 2.05) is 6.07 Å². The number of rotatable bonds is 4. The summed E-state index contributed by atoms with van der Waals surface area (Å²) in [6, 6.07) is 46.8. The van der Waals surface area contributed by atoms with Gasteiger partial charge in [0.25, 0.3) is 0 Å². The fraction of sp³-hybridized carbons (Fsp3) is 0. The van der Waals surface area contributed by atoms with E-state index in [4.69, 9.17) is 4.42 Å². The lowest BCUT2D eigenvalue weighted by Gasteiger charge is -2.10. The molecule has 0 spiro atoms. The third-order valence-corrected chi connectivity index (χ3v) is 6.87. The van der Waals surface area contributed by atoms with Crippen molar-refractivity contribution in [2.45, 2.75) is 0 Å². The molecule has 2 heteroatoms. The quantitative estimate of drug-likeness (QED) is 0.282. The van der Waals surface area contributed by atoms with Crippen LogP contribution in [-0.2, 0) is 0 Å². The molecule has 0 fully saturated rings. The van der Waals surface area contributed by atoms with Crippen LogP contribution < -0.4 is 5.32 Å². The molecule has 0 aliphatic carbocycles. The Balaban J connectivity index is 1.24. The molecule has 36 heavy (non-hydrogen) atoms. The maximum absolute atomic E-state index is 6.33. The first-order valence-corrected chi connectivity index (χ1v) is 12.2. The second-order valence-electron chi connectivity index (χ2n) is 9.09. The van der Waals surface area contributed by atoms with E-state index in [9.17, 15) is 0 Å². The monoisotopic (exact) mass is 461 g/mol. The second-order valence-corrected chi connectivity index (χ2v) is 9.09. The molecule has 0 unspecified atom stereocenters. The molecule has 7 aromatic rings. The number of benzene rings is 6. The minimum atomic E-state index is 0.871. The van der Waals surface area contributed by atoms with Gasteiger partial charge in [-0.2, -0.15) is 0 Å². The summed E-state index contributed by atoms with van der Waals surface area (Å²) in [4.78, 5) is 0. The first-order valence-electron chi connectivity index (χ1n) is 12.2. The number of hydrogen-bond acceptors (Lipinski definition) is 2. The van der Waals surface area contributed by atoms with Gasteiger partial charge in [-0.15, -0.1) is 0 Å². The van der Waals surface area contributed by atoms with Gasteiger partial charge in [-0.1, -0.05) is 103 Å². The lowest BCUT2D eigenvalue weighted by Crippen LogP contribution is -1.90. The van der Waals surface area contributed by atoms with Crippen LogP contribution in [0.2, 0.25) is 0 Å². The van der Waals surface area contributed by atoms with Crippen LogP contribution in [0.3, 0.4) is 0 Å². The van der Waals surface area contributed by atoms with Gasteiger partial charge in [-0.05, 0) is 63.4 Å². The van der Waals surface area contributed by atoms with E-state index in [0.717, 1.165) is 33.3 Å². The molecule has 7 rings (SSSR count). The van der Waals surface area contributed by atoms with E-state index >= 15 is 0 Å². The van der Waals surface area contributed by atoms with Gasteiger partial charge in [0.2, 0.25) is 0 Å². The van der Waals surface area contributed by atoms with E-state index in [1.54, 1.807) is 0 Å². The summed E-state index contributed by atoms with van der Waals surface area (Å²) in [5.74, 6) is 0. The predicted octanol–water partition coefficient (Wildman–Crippen LogP) is 9.82. The van der Waals surface area contributed by atoms with Crippen LogP contribution >= 0.6 is 0 Å². The molecule has 0 bridgehead atoms. The third-order valence-electron chi connectivity index (χ3n) is 6.87. The number of anilines is 2.